The smallest absolute Gasteiger partial charge is 0.0713 e. The lowest BCUT2D eigenvalue weighted by atomic mass is 10.2. The van der Waals surface area contributed by atoms with Gasteiger partial charge in [-0.15, -0.1) is 0 Å². The summed E-state index contributed by atoms with van der Waals surface area (Å²) in [6.45, 7) is 2.41. The van der Waals surface area contributed by atoms with Crippen molar-refractivity contribution in [2.75, 3.05) is 20.3 Å². The lowest BCUT2D eigenvalue weighted by Gasteiger charge is -2.01. The van der Waals surface area contributed by atoms with Gasteiger partial charge in [0.15, 0.2) is 0 Å². The van der Waals surface area contributed by atoms with Crippen LogP contribution in [0.4, 0.5) is 0 Å². The second-order valence-electron chi connectivity index (χ2n) is 4.30. The van der Waals surface area contributed by atoms with E-state index in [1.165, 1.54) is 11.1 Å². The Morgan fingerprint density at radius 1 is 0.900 bits per heavy atom. The monoisotopic (exact) mass is 273 g/mol. The normalized spacial score (nSPS) is 9.70. The van der Waals surface area contributed by atoms with Crippen molar-refractivity contribution in [3.63, 3.8) is 0 Å². The van der Waals surface area contributed by atoms with Gasteiger partial charge in [-0.05, 0) is 11.1 Å². The van der Waals surface area contributed by atoms with Gasteiger partial charge in [-0.1, -0.05) is 60.7 Å². The van der Waals surface area contributed by atoms with Crippen LogP contribution >= 0.6 is 0 Å². The molecule has 0 amide bonds. The summed E-state index contributed by atoms with van der Waals surface area (Å²) in [6.07, 6.45) is 0. The van der Waals surface area contributed by atoms with E-state index in [1.807, 2.05) is 48.5 Å². The topological polar surface area (TPSA) is 41.5 Å². The first-order valence-corrected chi connectivity index (χ1v) is 6.75. The molecule has 2 aromatic carbocycles. The van der Waals surface area contributed by atoms with Crippen molar-refractivity contribution in [2.45, 2.75) is 13.2 Å². The number of ether oxygens (including phenoxy) is 1. The number of hydrogen-bond donors (Lipinski definition) is 2. The van der Waals surface area contributed by atoms with E-state index in [4.69, 9.17) is 9.84 Å². The fourth-order valence-electron chi connectivity index (χ4n) is 1.65. The fourth-order valence-corrected chi connectivity index (χ4v) is 1.65. The number of methoxy groups -OCH3 is 1. The summed E-state index contributed by atoms with van der Waals surface area (Å²) in [6, 6.07) is 20.2. The molecule has 108 valence electrons. The maximum absolute atomic E-state index is 8.48. The van der Waals surface area contributed by atoms with E-state index >= 15 is 0 Å². The Morgan fingerprint density at radius 2 is 1.45 bits per heavy atom. The third-order valence-electron chi connectivity index (χ3n) is 2.61. The SMILES string of the molecule is COCc1ccccc1.OCCNCc1ccccc1. The average Bonchev–Trinajstić information content (AvgIpc) is 2.51. The molecule has 0 radical (unpaired) electrons. The summed E-state index contributed by atoms with van der Waals surface area (Å²) in [5, 5.41) is 11.6. The summed E-state index contributed by atoms with van der Waals surface area (Å²) in [5.41, 5.74) is 2.47. The van der Waals surface area contributed by atoms with Crippen molar-refractivity contribution in [3.05, 3.63) is 71.8 Å². The molecule has 0 bridgehead atoms. The van der Waals surface area contributed by atoms with E-state index in [0.717, 1.165) is 6.54 Å². The maximum atomic E-state index is 8.48. The zero-order valence-corrected chi connectivity index (χ0v) is 12.0. The van der Waals surface area contributed by atoms with Crippen LogP contribution in [0.3, 0.4) is 0 Å². The van der Waals surface area contributed by atoms with Crippen molar-refractivity contribution >= 4 is 0 Å². The summed E-state index contributed by atoms with van der Waals surface area (Å²) < 4.78 is 4.93. The van der Waals surface area contributed by atoms with Gasteiger partial charge in [-0.25, -0.2) is 0 Å². The van der Waals surface area contributed by atoms with Crippen LogP contribution in [0.1, 0.15) is 11.1 Å². The van der Waals surface area contributed by atoms with Gasteiger partial charge in [0.05, 0.1) is 13.2 Å². The van der Waals surface area contributed by atoms with Gasteiger partial charge in [-0.3, -0.25) is 0 Å². The second kappa shape index (κ2) is 11.2. The van der Waals surface area contributed by atoms with Crippen molar-refractivity contribution < 1.29 is 9.84 Å². The van der Waals surface area contributed by atoms with Gasteiger partial charge < -0.3 is 15.2 Å². The number of aliphatic hydroxyl groups is 1. The predicted molar refractivity (Wildman–Crippen MR) is 82.4 cm³/mol. The summed E-state index contributed by atoms with van der Waals surface area (Å²) in [5.74, 6) is 0. The van der Waals surface area contributed by atoms with Crippen LogP contribution in [-0.2, 0) is 17.9 Å². The molecule has 0 spiro atoms. The predicted octanol–water partition coefficient (Wildman–Crippen LogP) is 2.60. The Morgan fingerprint density at radius 3 is 1.95 bits per heavy atom. The largest absolute Gasteiger partial charge is 0.395 e. The van der Waals surface area contributed by atoms with E-state index < -0.39 is 0 Å². The third-order valence-corrected chi connectivity index (χ3v) is 2.61. The first-order chi connectivity index (χ1) is 9.86. The highest BCUT2D eigenvalue weighted by molar-refractivity contribution is 5.14. The van der Waals surface area contributed by atoms with E-state index in [0.29, 0.717) is 13.2 Å². The van der Waals surface area contributed by atoms with Crippen LogP contribution in [0, 0.1) is 0 Å². The molecular weight excluding hydrogens is 250 g/mol. The average molecular weight is 273 g/mol. The standard InChI is InChI=1S/C9H13NO.C8H10O/c11-7-6-10-8-9-4-2-1-3-5-9;1-9-7-8-5-3-2-4-6-8/h1-5,10-11H,6-8H2;2-6H,7H2,1H3. The van der Waals surface area contributed by atoms with Gasteiger partial charge >= 0.3 is 0 Å². The second-order valence-corrected chi connectivity index (χ2v) is 4.30. The van der Waals surface area contributed by atoms with Gasteiger partial charge in [0.25, 0.3) is 0 Å². The van der Waals surface area contributed by atoms with Crippen molar-refractivity contribution in [1.29, 1.82) is 0 Å². The number of aliphatic hydroxyl groups excluding tert-OH is 1. The van der Waals surface area contributed by atoms with E-state index in [9.17, 15) is 0 Å². The van der Waals surface area contributed by atoms with Crippen LogP contribution in [0.5, 0.6) is 0 Å². The summed E-state index contributed by atoms with van der Waals surface area (Å²) >= 11 is 0. The molecule has 3 nitrogen and oxygen atoms in total. The molecule has 0 aliphatic heterocycles. The molecule has 0 heterocycles. The molecule has 0 saturated carbocycles. The molecule has 2 aromatic rings. The molecule has 0 aromatic heterocycles. The molecule has 2 rings (SSSR count). The van der Waals surface area contributed by atoms with Gasteiger partial charge in [-0.2, -0.15) is 0 Å². The minimum absolute atomic E-state index is 0.201. The highest BCUT2D eigenvalue weighted by atomic mass is 16.5. The third kappa shape index (κ3) is 7.69. The molecule has 20 heavy (non-hydrogen) atoms. The number of nitrogens with one attached hydrogen (secondary N) is 1. The Balaban J connectivity index is 0.000000204. The Hall–Kier alpha value is -1.68. The molecule has 0 saturated heterocycles. The van der Waals surface area contributed by atoms with Crippen LogP contribution in [0.25, 0.3) is 0 Å². The number of rotatable bonds is 6. The Labute approximate surface area is 121 Å². The lowest BCUT2D eigenvalue weighted by molar-refractivity contribution is 0.185. The van der Waals surface area contributed by atoms with Crippen molar-refractivity contribution in [1.82, 2.24) is 5.32 Å². The molecule has 0 aliphatic carbocycles. The van der Waals surface area contributed by atoms with Crippen LogP contribution < -0.4 is 5.32 Å². The minimum Gasteiger partial charge on any atom is -0.395 e. The molecular formula is C17H23NO2. The van der Waals surface area contributed by atoms with E-state index in [1.54, 1.807) is 7.11 Å². The molecule has 2 N–H and O–H groups in total. The van der Waals surface area contributed by atoms with Crippen molar-refractivity contribution in [2.24, 2.45) is 0 Å². The first kappa shape index (κ1) is 16.4. The quantitative estimate of drug-likeness (QED) is 0.795. The van der Waals surface area contributed by atoms with Gasteiger partial charge in [0.2, 0.25) is 0 Å². The highest BCUT2D eigenvalue weighted by Gasteiger charge is 1.88. The molecule has 0 aliphatic rings. The summed E-state index contributed by atoms with van der Waals surface area (Å²) in [4.78, 5) is 0. The highest BCUT2D eigenvalue weighted by Crippen LogP contribution is 1.98. The Bertz CT molecular complexity index is 431. The minimum atomic E-state index is 0.201. The van der Waals surface area contributed by atoms with E-state index in [-0.39, 0.29) is 6.61 Å². The number of benzene rings is 2. The van der Waals surface area contributed by atoms with Crippen molar-refractivity contribution in [3.8, 4) is 0 Å². The Kier molecular flexibility index (Phi) is 9.15. The van der Waals surface area contributed by atoms with Crippen LogP contribution in [0.15, 0.2) is 60.7 Å². The zero-order chi connectivity index (χ0) is 14.5. The number of hydrogen-bond acceptors (Lipinski definition) is 3. The fraction of sp³-hybridized carbons (Fsp3) is 0.294. The first-order valence-electron chi connectivity index (χ1n) is 6.75. The zero-order valence-electron chi connectivity index (χ0n) is 12.0. The van der Waals surface area contributed by atoms with Crippen LogP contribution in [-0.4, -0.2) is 25.4 Å². The summed E-state index contributed by atoms with van der Waals surface area (Å²) in [7, 11) is 1.70. The molecule has 0 fully saturated rings. The van der Waals surface area contributed by atoms with Gasteiger partial charge in [0.1, 0.15) is 0 Å². The molecule has 0 unspecified atom stereocenters. The van der Waals surface area contributed by atoms with Gasteiger partial charge in [0, 0.05) is 20.2 Å². The maximum Gasteiger partial charge on any atom is 0.0713 e. The lowest BCUT2D eigenvalue weighted by Crippen LogP contribution is -2.17. The van der Waals surface area contributed by atoms with E-state index in [2.05, 4.69) is 17.4 Å². The molecule has 3 heteroatoms. The van der Waals surface area contributed by atoms with Crippen LogP contribution in [0.2, 0.25) is 0 Å². The molecule has 0 atom stereocenters.